The molecule has 5 heteroatoms. The van der Waals surface area contributed by atoms with Crippen molar-refractivity contribution in [2.75, 3.05) is 26.0 Å². The van der Waals surface area contributed by atoms with Gasteiger partial charge in [-0.1, -0.05) is 56.9 Å². The molecule has 4 rings (SSSR count). The maximum atomic E-state index is 9.82. The van der Waals surface area contributed by atoms with E-state index in [1.807, 2.05) is 45.1 Å². The zero-order valence-electron chi connectivity index (χ0n) is 21.0. The summed E-state index contributed by atoms with van der Waals surface area (Å²) in [6.45, 7) is 15.0. The number of phenolic OH excluding ortho intramolecular Hbond substituents is 1. The highest BCUT2D eigenvalue weighted by atomic mass is 32.2. The van der Waals surface area contributed by atoms with E-state index in [1.54, 1.807) is 19.3 Å². The Hall–Kier alpha value is -2.63. The summed E-state index contributed by atoms with van der Waals surface area (Å²) in [6, 6.07) is 6.17. The van der Waals surface area contributed by atoms with Gasteiger partial charge in [0.25, 0.3) is 0 Å². The van der Waals surface area contributed by atoms with Gasteiger partial charge in [-0.15, -0.1) is 6.58 Å². The first-order valence-corrected chi connectivity index (χ1v) is 12.9. The minimum Gasteiger partial charge on any atom is -0.508 e. The molecule has 1 saturated heterocycles. The first-order chi connectivity index (χ1) is 16.6. The molecule has 4 nitrogen and oxygen atoms in total. The van der Waals surface area contributed by atoms with Crippen LogP contribution >= 0.6 is 12.0 Å². The number of aromatic hydroxyl groups is 1. The monoisotopic (exact) mass is 481 g/mol. The van der Waals surface area contributed by atoms with Crippen LogP contribution in [-0.4, -0.2) is 36.0 Å². The quantitative estimate of drug-likeness (QED) is 0.198. The van der Waals surface area contributed by atoms with E-state index in [1.165, 1.54) is 34.3 Å². The maximum absolute atomic E-state index is 9.82. The van der Waals surface area contributed by atoms with E-state index in [0.717, 1.165) is 49.6 Å². The van der Waals surface area contributed by atoms with Crippen molar-refractivity contribution in [3.63, 3.8) is 0 Å². The average Bonchev–Trinajstić information content (AvgIpc) is 3.03. The lowest BCUT2D eigenvalue weighted by atomic mass is 9.82. The second-order valence-electron chi connectivity index (χ2n) is 7.79. The summed E-state index contributed by atoms with van der Waals surface area (Å²) in [5.41, 5.74) is 5.18. The number of methoxy groups -OCH3 is 1. The molecule has 184 valence electrons. The number of ether oxygens (including phenoxy) is 1. The first kappa shape index (κ1) is 27.6. The van der Waals surface area contributed by atoms with E-state index in [-0.39, 0.29) is 0 Å². The van der Waals surface area contributed by atoms with Gasteiger partial charge < -0.3 is 14.0 Å². The minimum absolute atomic E-state index is 0.357. The van der Waals surface area contributed by atoms with Gasteiger partial charge in [0.15, 0.2) is 11.5 Å². The number of phenols is 1. The fourth-order valence-electron chi connectivity index (χ4n) is 4.33. The van der Waals surface area contributed by atoms with Crippen molar-refractivity contribution in [2.45, 2.75) is 46.1 Å². The molecule has 1 unspecified atom stereocenters. The molecule has 3 aliphatic rings. The number of fused-ring (bicyclic) bond motifs is 4. The van der Waals surface area contributed by atoms with Crippen LogP contribution in [0.4, 0.5) is 0 Å². The molecule has 1 aromatic rings. The van der Waals surface area contributed by atoms with Gasteiger partial charge in [0.1, 0.15) is 5.75 Å². The van der Waals surface area contributed by atoms with Crippen molar-refractivity contribution in [3.8, 4) is 5.75 Å². The molecule has 34 heavy (non-hydrogen) atoms. The summed E-state index contributed by atoms with van der Waals surface area (Å²) in [5, 5.41) is 9.82. The molecule has 0 saturated carbocycles. The summed E-state index contributed by atoms with van der Waals surface area (Å²) in [5.74, 6) is 2.75. The Kier molecular flexibility index (Phi) is 11.9. The normalized spacial score (nSPS) is 18.9. The highest BCUT2D eigenvalue weighted by molar-refractivity contribution is 7.94. The molecule has 1 N–H and O–H groups in total. The van der Waals surface area contributed by atoms with Gasteiger partial charge in [0, 0.05) is 30.5 Å². The van der Waals surface area contributed by atoms with Crippen LogP contribution in [0.3, 0.4) is 0 Å². The van der Waals surface area contributed by atoms with Gasteiger partial charge in [0.2, 0.25) is 0 Å². The van der Waals surface area contributed by atoms with Crippen molar-refractivity contribution < 1.29 is 14.0 Å². The smallest absolute Gasteiger partial charge is 0.183 e. The molecule has 1 atom stereocenters. The van der Waals surface area contributed by atoms with Crippen LogP contribution in [0.25, 0.3) is 0 Å². The maximum Gasteiger partial charge on any atom is 0.183 e. The molecular formula is C29H39NO3S. The molecule has 1 aliphatic carbocycles. The highest BCUT2D eigenvalue weighted by Crippen LogP contribution is 2.44. The zero-order chi connectivity index (χ0) is 24.9. The summed E-state index contributed by atoms with van der Waals surface area (Å²) in [6.07, 6.45) is 14.6. The molecule has 0 radical (unpaired) electrons. The fourth-order valence-corrected chi connectivity index (χ4v) is 4.80. The molecule has 0 aromatic heterocycles. The topological polar surface area (TPSA) is 41.9 Å². The lowest BCUT2D eigenvalue weighted by Crippen LogP contribution is -2.41. The van der Waals surface area contributed by atoms with Crippen LogP contribution in [0.5, 0.6) is 5.75 Å². The fraction of sp³-hybridized carbons (Fsp3) is 0.379. The predicted octanol–water partition coefficient (Wildman–Crippen LogP) is 7.44. The Bertz CT molecular complexity index is 958. The zero-order valence-corrected chi connectivity index (χ0v) is 21.9. The van der Waals surface area contributed by atoms with E-state index in [9.17, 15) is 5.11 Å². The van der Waals surface area contributed by atoms with Gasteiger partial charge >= 0.3 is 0 Å². The number of hydrogen-bond donors (Lipinski definition) is 1. The van der Waals surface area contributed by atoms with Crippen LogP contribution in [0, 0.1) is 0 Å². The van der Waals surface area contributed by atoms with Gasteiger partial charge in [-0.3, -0.25) is 4.90 Å². The largest absolute Gasteiger partial charge is 0.508 e. The molecule has 0 bridgehead atoms. The molecule has 0 spiro atoms. The summed E-state index contributed by atoms with van der Waals surface area (Å²) in [4.78, 5) is 2.52. The van der Waals surface area contributed by atoms with Crippen LogP contribution in [0.1, 0.15) is 50.8 Å². The van der Waals surface area contributed by atoms with Crippen molar-refractivity contribution in [1.82, 2.24) is 4.90 Å². The molecule has 2 aliphatic heterocycles. The Balaban J connectivity index is 0.000000520. The molecule has 1 fully saturated rings. The second kappa shape index (κ2) is 14.6. The van der Waals surface area contributed by atoms with E-state index in [4.69, 9.17) is 8.92 Å². The average molecular weight is 482 g/mol. The number of allylic oxidation sites excluding steroid dienone is 5. The Morgan fingerprint density at radius 2 is 2.03 bits per heavy atom. The van der Waals surface area contributed by atoms with Gasteiger partial charge in [-0.2, -0.15) is 0 Å². The van der Waals surface area contributed by atoms with Crippen LogP contribution < -0.4 is 0 Å². The minimum atomic E-state index is 0.357. The van der Waals surface area contributed by atoms with Crippen LogP contribution in [0.2, 0.25) is 0 Å². The molecule has 1 aromatic carbocycles. The number of rotatable bonds is 6. The Labute approximate surface area is 210 Å². The summed E-state index contributed by atoms with van der Waals surface area (Å²) < 4.78 is 11.7. The Morgan fingerprint density at radius 3 is 2.68 bits per heavy atom. The predicted molar refractivity (Wildman–Crippen MR) is 146 cm³/mol. The summed E-state index contributed by atoms with van der Waals surface area (Å²) >= 11 is 1.39. The van der Waals surface area contributed by atoms with Crippen LogP contribution in [-0.2, 0) is 15.3 Å². The van der Waals surface area contributed by atoms with Gasteiger partial charge in [0.05, 0.1) is 19.2 Å². The standard InChI is InChI=1S/C22H25NO3S.C5H8.C2H6/c1-3-11-27-26-22-19-14-23-10-9-16-12-17(24)7-8-18(16)20(23)13-15(19)5-4-6-21(22)25-2;1-3-5-4-2;1-2/h3,5-8,12,20,24H,1,4,9-11,13-14H2,2H3;3-5H,1H2,2H3;1-2H3/b;5-4-;. The number of piperidine rings is 1. The number of hydrogen-bond acceptors (Lipinski definition) is 5. The SMILES string of the molecule is C=C/C=C\C.C=CCSOC1=C2CN3CCc4cc(O)ccc4C3CC2=CCC=C1OC.CC. The van der Waals surface area contributed by atoms with Gasteiger partial charge in [-0.25, -0.2) is 0 Å². The van der Waals surface area contributed by atoms with E-state index < -0.39 is 0 Å². The lowest BCUT2D eigenvalue weighted by Gasteiger charge is -2.42. The third kappa shape index (κ3) is 6.94. The third-order valence-electron chi connectivity index (χ3n) is 5.80. The second-order valence-corrected chi connectivity index (χ2v) is 8.52. The van der Waals surface area contributed by atoms with Crippen molar-refractivity contribution in [2.24, 2.45) is 0 Å². The molecular weight excluding hydrogens is 442 g/mol. The van der Waals surface area contributed by atoms with Crippen molar-refractivity contribution in [3.05, 3.63) is 102 Å². The number of benzene rings is 1. The van der Waals surface area contributed by atoms with E-state index in [2.05, 4.69) is 36.3 Å². The lowest BCUT2D eigenvalue weighted by molar-refractivity contribution is 0.181. The number of nitrogens with zero attached hydrogens (tertiary/aromatic N) is 1. The Morgan fingerprint density at radius 1 is 1.24 bits per heavy atom. The van der Waals surface area contributed by atoms with Crippen LogP contribution in [0.15, 0.2) is 90.5 Å². The molecule has 0 amide bonds. The summed E-state index contributed by atoms with van der Waals surface area (Å²) in [7, 11) is 1.70. The third-order valence-corrected chi connectivity index (χ3v) is 6.46. The van der Waals surface area contributed by atoms with Crippen molar-refractivity contribution in [1.29, 1.82) is 0 Å². The van der Waals surface area contributed by atoms with E-state index in [0.29, 0.717) is 11.8 Å². The molecule has 2 heterocycles. The van der Waals surface area contributed by atoms with E-state index >= 15 is 0 Å². The highest BCUT2D eigenvalue weighted by Gasteiger charge is 2.36. The van der Waals surface area contributed by atoms with Crippen molar-refractivity contribution >= 4 is 12.0 Å². The van der Waals surface area contributed by atoms with Gasteiger partial charge in [-0.05, 0) is 61.1 Å². The first-order valence-electron chi connectivity index (χ1n) is 12.0.